The molecular weight excluding hydrogens is 242 g/mol. The average molecular weight is 259 g/mol. The number of aryl methyl sites for hydroxylation is 1. The van der Waals surface area contributed by atoms with Crippen LogP contribution < -0.4 is 0 Å². The van der Waals surface area contributed by atoms with Crippen molar-refractivity contribution in [1.29, 1.82) is 0 Å². The molecule has 4 nitrogen and oxygen atoms in total. The Morgan fingerprint density at radius 1 is 1.26 bits per heavy atom. The summed E-state index contributed by atoms with van der Waals surface area (Å²) in [7, 11) is 0. The zero-order valence-corrected chi connectivity index (χ0v) is 11.2. The predicted octanol–water partition coefficient (Wildman–Crippen LogP) is 2.34. The second-order valence-electron chi connectivity index (χ2n) is 4.55. The van der Waals surface area contributed by atoms with Gasteiger partial charge in [-0.25, -0.2) is 0 Å². The Hall–Kier alpha value is -2.10. The van der Waals surface area contributed by atoms with Gasteiger partial charge in [0.05, 0.1) is 6.54 Å². The molecule has 1 aromatic carbocycles. The molecule has 2 rings (SSSR count). The molecule has 4 heteroatoms. The van der Waals surface area contributed by atoms with Crippen LogP contribution in [0.5, 0.6) is 0 Å². The molecular formula is C15H17NO3. The van der Waals surface area contributed by atoms with E-state index in [1.165, 1.54) is 30.5 Å². The van der Waals surface area contributed by atoms with Gasteiger partial charge in [-0.2, -0.15) is 5.06 Å². The Morgan fingerprint density at radius 3 is 2.68 bits per heavy atom. The summed E-state index contributed by atoms with van der Waals surface area (Å²) in [5, 5.41) is 1.08. The van der Waals surface area contributed by atoms with Gasteiger partial charge in [0.1, 0.15) is 0 Å². The summed E-state index contributed by atoms with van der Waals surface area (Å²) < 4.78 is 0. The van der Waals surface area contributed by atoms with Gasteiger partial charge in [0.15, 0.2) is 0 Å². The molecule has 0 fully saturated rings. The maximum absolute atomic E-state index is 11.3. The molecule has 0 N–H and O–H groups in total. The summed E-state index contributed by atoms with van der Waals surface area (Å²) >= 11 is 0. The van der Waals surface area contributed by atoms with Crippen molar-refractivity contribution in [2.75, 3.05) is 6.54 Å². The summed E-state index contributed by atoms with van der Waals surface area (Å²) in [4.78, 5) is 27.1. The molecule has 0 saturated carbocycles. The second kappa shape index (κ2) is 5.69. The minimum Gasteiger partial charge on any atom is -0.338 e. The van der Waals surface area contributed by atoms with Crippen molar-refractivity contribution in [2.45, 2.75) is 26.7 Å². The SMILES string of the molecule is CC(=O)ON(CC=C1CCc2ccccc21)C(C)=O. The van der Waals surface area contributed by atoms with Crippen molar-refractivity contribution < 1.29 is 14.4 Å². The molecule has 0 aliphatic heterocycles. The number of hydrogen-bond donors (Lipinski definition) is 0. The fraction of sp³-hybridized carbons (Fsp3) is 0.333. The molecule has 0 aromatic heterocycles. The second-order valence-corrected chi connectivity index (χ2v) is 4.55. The summed E-state index contributed by atoms with van der Waals surface area (Å²) in [6, 6.07) is 8.23. The fourth-order valence-corrected chi connectivity index (χ4v) is 2.25. The van der Waals surface area contributed by atoms with Crippen molar-refractivity contribution in [3.05, 3.63) is 41.5 Å². The third-order valence-electron chi connectivity index (χ3n) is 3.12. The lowest BCUT2D eigenvalue weighted by Crippen LogP contribution is -2.31. The first-order valence-corrected chi connectivity index (χ1v) is 6.32. The molecule has 0 radical (unpaired) electrons. The zero-order chi connectivity index (χ0) is 13.8. The molecule has 100 valence electrons. The fourth-order valence-electron chi connectivity index (χ4n) is 2.25. The monoisotopic (exact) mass is 259 g/mol. The Balaban J connectivity index is 2.10. The number of nitrogens with zero attached hydrogens (tertiary/aromatic N) is 1. The largest absolute Gasteiger partial charge is 0.338 e. The molecule has 0 atom stereocenters. The molecule has 1 amide bonds. The standard InChI is InChI=1S/C15H17NO3/c1-11(17)16(19-12(2)18)10-9-14-8-7-13-5-3-4-6-15(13)14/h3-6,9H,7-8,10H2,1-2H3. The van der Waals surface area contributed by atoms with E-state index in [-0.39, 0.29) is 5.91 Å². The highest BCUT2D eigenvalue weighted by molar-refractivity contribution is 5.76. The molecule has 1 aliphatic rings. The Bertz CT molecular complexity index is 534. The predicted molar refractivity (Wildman–Crippen MR) is 71.9 cm³/mol. The highest BCUT2D eigenvalue weighted by Gasteiger charge is 2.16. The van der Waals surface area contributed by atoms with Crippen molar-refractivity contribution in [2.24, 2.45) is 0 Å². The van der Waals surface area contributed by atoms with Crippen LogP contribution in [0.1, 0.15) is 31.4 Å². The number of fused-ring (bicyclic) bond motifs is 1. The van der Waals surface area contributed by atoms with E-state index < -0.39 is 5.97 Å². The third kappa shape index (κ3) is 3.22. The zero-order valence-electron chi connectivity index (χ0n) is 11.2. The van der Waals surface area contributed by atoms with Gasteiger partial charge in [-0.05, 0) is 29.5 Å². The summed E-state index contributed by atoms with van der Waals surface area (Å²) in [6.45, 7) is 2.95. The summed E-state index contributed by atoms with van der Waals surface area (Å²) in [6.07, 6.45) is 3.94. The van der Waals surface area contributed by atoms with Crippen molar-refractivity contribution in [1.82, 2.24) is 5.06 Å². The quantitative estimate of drug-likeness (QED) is 0.766. The average Bonchev–Trinajstić information content (AvgIpc) is 2.77. The van der Waals surface area contributed by atoms with Crippen LogP contribution >= 0.6 is 0 Å². The minimum atomic E-state index is -0.486. The first-order valence-electron chi connectivity index (χ1n) is 6.32. The minimum absolute atomic E-state index is 0.279. The number of amides is 1. The normalized spacial score (nSPS) is 15.2. The third-order valence-corrected chi connectivity index (χ3v) is 3.12. The van der Waals surface area contributed by atoms with Gasteiger partial charge in [-0.1, -0.05) is 30.3 Å². The molecule has 0 spiro atoms. The van der Waals surface area contributed by atoms with E-state index in [1.807, 2.05) is 18.2 Å². The maximum Gasteiger partial charge on any atom is 0.329 e. The molecule has 0 saturated heterocycles. The van der Waals surface area contributed by atoms with Crippen LogP contribution in [-0.4, -0.2) is 23.5 Å². The van der Waals surface area contributed by atoms with Crippen LogP contribution in [0.3, 0.4) is 0 Å². The Kier molecular flexibility index (Phi) is 4.00. The van der Waals surface area contributed by atoms with Gasteiger partial charge in [0.2, 0.25) is 0 Å². The Labute approximate surface area is 112 Å². The molecule has 0 heterocycles. The molecule has 1 aromatic rings. The highest BCUT2D eigenvalue weighted by Crippen LogP contribution is 2.31. The number of carbonyl (C=O) groups is 2. The van der Waals surface area contributed by atoms with Gasteiger partial charge < -0.3 is 4.84 Å². The Morgan fingerprint density at radius 2 is 2.00 bits per heavy atom. The van der Waals surface area contributed by atoms with E-state index in [0.717, 1.165) is 17.9 Å². The first-order chi connectivity index (χ1) is 9.08. The van der Waals surface area contributed by atoms with E-state index in [4.69, 9.17) is 4.84 Å². The topological polar surface area (TPSA) is 46.6 Å². The highest BCUT2D eigenvalue weighted by atomic mass is 16.7. The van der Waals surface area contributed by atoms with E-state index in [2.05, 4.69) is 12.1 Å². The molecule has 0 bridgehead atoms. The van der Waals surface area contributed by atoms with E-state index >= 15 is 0 Å². The van der Waals surface area contributed by atoms with Crippen LogP contribution in [0.25, 0.3) is 5.57 Å². The van der Waals surface area contributed by atoms with Gasteiger partial charge >= 0.3 is 5.97 Å². The van der Waals surface area contributed by atoms with Gasteiger partial charge in [-0.15, -0.1) is 0 Å². The van der Waals surface area contributed by atoms with Crippen molar-refractivity contribution in [3.63, 3.8) is 0 Å². The number of hydroxylamine groups is 2. The van der Waals surface area contributed by atoms with Crippen LogP contribution in [0, 0.1) is 0 Å². The number of allylic oxidation sites excluding steroid dienone is 1. The number of carbonyl (C=O) groups excluding carboxylic acids is 2. The lowest BCUT2D eigenvalue weighted by Gasteiger charge is -2.17. The number of hydrogen-bond acceptors (Lipinski definition) is 3. The first kappa shape index (κ1) is 13.3. The summed E-state index contributed by atoms with van der Waals surface area (Å²) in [5.41, 5.74) is 3.76. The van der Waals surface area contributed by atoms with E-state index in [9.17, 15) is 9.59 Å². The molecule has 1 aliphatic carbocycles. The van der Waals surface area contributed by atoms with E-state index in [0.29, 0.717) is 6.54 Å². The van der Waals surface area contributed by atoms with Crippen LogP contribution in [0.4, 0.5) is 0 Å². The van der Waals surface area contributed by atoms with Crippen molar-refractivity contribution in [3.8, 4) is 0 Å². The smallest absolute Gasteiger partial charge is 0.329 e. The van der Waals surface area contributed by atoms with Crippen LogP contribution in [-0.2, 0) is 20.8 Å². The molecule has 0 unspecified atom stereocenters. The van der Waals surface area contributed by atoms with Gasteiger partial charge in [0, 0.05) is 13.8 Å². The maximum atomic E-state index is 11.3. The lowest BCUT2D eigenvalue weighted by molar-refractivity contribution is -0.192. The molecule has 19 heavy (non-hydrogen) atoms. The lowest BCUT2D eigenvalue weighted by atomic mass is 10.1. The van der Waals surface area contributed by atoms with Crippen molar-refractivity contribution >= 4 is 17.4 Å². The number of rotatable bonds is 2. The van der Waals surface area contributed by atoms with Gasteiger partial charge in [0.25, 0.3) is 5.91 Å². The van der Waals surface area contributed by atoms with E-state index in [1.54, 1.807) is 0 Å². The van der Waals surface area contributed by atoms with Crippen LogP contribution in [0.15, 0.2) is 30.3 Å². The number of benzene rings is 1. The van der Waals surface area contributed by atoms with Crippen LogP contribution in [0.2, 0.25) is 0 Å². The summed E-state index contributed by atoms with van der Waals surface area (Å²) in [5.74, 6) is -0.765. The van der Waals surface area contributed by atoms with Gasteiger partial charge in [-0.3, -0.25) is 9.59 Å².